The molecule has 1 N–H and O–H groups in total. The average Bonchev–Trinajstić information content (AvgIpc) is 3.01. The Labute approximate surface area is 145 Å². The van der Waals surface area contributed by atoms with Crippen LogP contribution in [0.5, 0.6) is 11.5 Å². The maximum atomic E-state index is 6.05. The maximum Gasteiger partial charge on any atom is 0.132 e. The van der Waals surface area contributed by atoms with Gasteiger partial charge in [0.1, 0.15) is 11.5 Å². The van der Waals surface area contributed by atoms with Crippen molar-refractivity contribution >= 4 is 0 Å². The molecule has 0 atom stereocenters. The summed E-state index contributed by atoms with van der Waals surface area (Å²) >= 11 is 0. The Morgan fingerprint density at radius 2 is 1.58 bits per heavy atom. The standard InChI is InChI=1S/C20H30N2O2/c1-5-8-10-23-19-14-20(24-11-9-6-2)17(13-16(19)7-3)18-12-15(4)21-22-18/h12-14H,5-11H2,1-4H3,(H,21,22). The Bertz CT molecular complexity index is 635. The molecule has 2 aromatic rings. The molecule has 4 heteroatoms. The molecular weight excluding hydrogens is 300 g/mol. The molecule has 1 aromatic heterocycles. The van der Waals surface area contributed by atoms with Gasteiger partial charge in [0.15, 0.2) is 0 Å². The summed E-state index contributed by atoms with van der Waals surface area (Å²) < 4.78 is 12.1. The van der Waals surface area contributed by atoms with Gasteiger partial charge >= 0.3 is 0 Å². The third-order valence-electron chi connectivity index (χ3n) is 4.04. The van der Waals surface area contributed by atoms with Crippen LogP contribution in [0.4, 0.5) is 0 Å². The van der Waals surface area contributed by atoms with Crippen molar-refractivity contribution in [2.45, 2.75) is 59.8 Å². The molecule has 1 aromatic carbocycles. The monoisotopic (exact) mass is 330 g/mol. The van der Waals surface area contributed by atoms with Crippen molar-refractivity contribution in [1.29, 1.82) is 0 Å². The fraction of sp³-hybridized carbons (Fsp3) is 0.550. The zero-order chi connectivity index (χ0) is 17.4. The highest BCUT2D eigenvalue weighted by Gasteiger charge is 2.15. The van der Waals surface area contributed by atoms with Crippen LogP contribution >= 0.6 is 0 Å². The molecule has 0 aliphatic rings. The van der Waals surface area contributed by atoms with Gasteiger partial charge in [0, 0.05) is 17.3 Å². The molecular formula is C20H30N2O2. The normalized spacial score (nSPS) is 10.8. The summed E-state index contributed by atoms with van der Waals surface area (Å²) in [5.74, 6) is 1.80. The van der Waals surface area contributed by atoms with Crippen molar-refractivity contribution in [3.05, 3.63) is 29.5 Å². The highest BCUT2D eigenvalue weighted by molar-refractivity contribution is 5.70. The van der Waals surface area contributed by atoms with Crippen molar-refractivity contribution in [2.75, 3.05) is 13.2 Å². The third-order valence-corrected chi connectivity index (χ3v) is 4.04. The van der Waals surface area contributed by atoms with Crippen LogP contribution in [0.3, 0.4) is 0 Å². The molecule has 132 valence electrons. The highest BCUT2D eigenvalue weighted by atomic mass is 16.5. The van der Waals surface area contributed by atoms with E-state index in [-0.39, 0.29) is 0 Å². The van der Waals surface area contributed by atoms with Gasteiger partial charge in [-0.2, -0.15) is 5.10 Å². The molecule has 0 aliphatic heterocycles. The predicted molar refractivity (Wildman–Crippen MR) is 98.9 cm³/mol. The number of aromatic amines is 1. The molecule has 0 saturated heterocycles. The predicted octanol–water partition coefficient (Wildman–Crippen LogP) is 5.31. The van der Waals surface area contributed by atoms with Crippen LogP contribution in [0.15, 0.2) is 18.2 Å². The van der Waals surface area contributed by atoms with Crippen LogP contribution in [0.25, 0.3) is 11.3 Å². The Kier molecular flexibility index (Phi) is 7.16. The van der Waals surface area contributed by atoms with Crippen molar-refractivity contribution in [3.8, 4) is 22.8 Å². The lowest BCUT2D eigenvalue weighted by Crippen LogP contribution is -2.03. The second-order valence-corrected chi connectivity index (χ2v) is 6.15. The second-order valence-electron chi connectivity index (χ2n) is 6.15. The van der Waals surface area contributed by atoms with Gasteiger partial charge in [-0.15, -0.1) is 0 Å². The molecule has 0 amide bonds. The number of aryl methyl sites for hydroxylation is 2. The summed E-state index contributed by atoms with van der Waals surface area (Å²) in [6.45, 7) is 9.97. The van der Waals surface area contributed by atoms with Crippen molar-refractivity contribution < 1.29 is 9.47 Å². The Balaban J connectivity index is 2.35. The molecule has 0 saturated carbocycles. The lowest BCUT2D eigenvalue weighted by Gasteiger charge is -2.16. The van der Waals surface area contributed by atoms with E-state index in [1.165, 1.54) is 5.56 Å². The number of nitrogens with zero attached hydrogens (tertiary/aromatic N) is 1. The number of hydrogen-bond acceptors (Lipinski definition) is 3. The van der Waals surface area contributed by atoms with Crippen LogP contribution in [-0.2, 0) is 6.42 Å². The van der Waals surface area contributed by atoms with E-state index in [1.807, 2.05) is 13.0 Å². The van der Waals surface area contributed by atoms with Gasteiger partial charge in [0.2, 0.25) is 0 Å². The fourth-order valence-corrected chi connectivity index (χ4v) is 2.55. The topological polar surface area (TPSA) is 47.1 Å². The molecule has 0 unspecified atom stereocenters. The molecule has 0 bridgehead atoms. The summed E-state index contributed by atoms with van der Waals surface area (Å²) in [7, 11) is 0. The van der Waals surface area contributed by atoms with Gasteiger partial charge in [-0.25, -0.2) is 0 Å². The van der Waals surface area contributed by atoms with E-state index in [4.69, 9.17) is 9.47 Å². The number of ether oxygens (including phenoxy) is 2. The zero-order valence-electron chi connectivity index (χ0n) is 15.4. The van der Waals surface area contributed by atoms with Gasteiger partial charge in [-0.1, -0.05) is 33.6 Å². The van der Waals surface area contributed by atoms with E-state index in [0.29, 0.717) is 6.61 Å². The number of H-pyrrole nitrogens is 1. The Morgan fingerprint density at radius 1 is 0.917 bits per heavy atom. The largest absolute Gasteiger partial charge is 0.493 e. The molecule has 4 nitrogen and oxygen atoms in total. The lowest BCUT2D eigenvalue weighted by molar-refractivity contribution is 0.293. The van der Waals surface area contributed by atoms with Crippen LogP contribution < -0.4 is 9.47 Å². The van der Waals surface area contributed by atoms with E-state index in [0.717, 1.165) is 67.2 Å². The minimum Gasteiger partial charge on any atom is -0.493 e. The summed E-state index contributed by atoms with van der Waals surface area (Å²) in [4.78, 5) is 0. The summed E-state index contributed by atoms with van der Waals surface area (Å²) in [5, 5.41) is 7.43. The van der Waals surface area contributed by atoms with Crippen molar-refractivity contribution in [1.82, 2.24) is 10.2 Å². The molecule has 0 spiro atoms. The maximum absolute atomic E-state index is 6.05. The van der Waals surface area contributed by atoms with Crippen LogP contribution in [-0.4, -0.2) is 23.4 Å². The number of benzene rings is 1. The van der Waals surface area contributed by atoms with Crippen LogP contribution in [0.1, 0.15) is 57.7 Å². The van der Waals surface area contributed by atoms with Crippen LogP contribution in [0, 0.1) is 6.92 Å². The Morgan fingerprint density at radius 3 is 2.12 bits per heavy atom. The number of aromatic nitrogens is 2. The minimum absolute atomic E-state index is 0.715. The van der Waals surface area contributed by atoms with Gasteiger partial charge in [0.05, 0.1) is 18.9 Å². The lowest BCUT2D eigenvalue weighted by atomic mass is 10.0. The fourth-order valence-electron chi connectivity index (χ4n) is 2.55. The first-order valence-corrected chi connectivity index (χ1v) is 9.14. The quantitative estimate of drug-likeness (QED) is 0.601. The number of unbranched alkanes of at least 4 members (excludes halogenated alkanes) is 2. The van der Waals surface area contributed by atoms with E-state index >= 15 is 0 Å². The summed E-state index contributed by atoms with van der Waals surface area (Å²) in [6.07, 6.45) is 5.28. The second kappa shape index (κ2) is 9.36. The van der Waals surface area contributed by atoms with Gasteiger partial charge in [-0.05, 0) is 43.9 Å². The van der Waals surface area contributed by atoms with E-state index in [2.05, 4.69) is 43.1 Å². The molecule has 24 heavy (non-hydrogen) atoms. The van der Waals surface area contributed by atoms with E-state index in [1.54, 1.807) is 0 Å². The van der Waals surface area contributed by atoms with Gasteiger partial charge in [-0.3, -0.25) is 5.10 Å². The van der Waals surface area contributed by atoms with Gasteiger partial charge < -0.3 is 9.47 Å². The zero-order valence-corrected chi connectivity index (χ0v) is 15.4. The minimum atomic E-state index is 0.715. The molecule has 0 aliphatic carbocycles. The first-order valence-electron chi connectivity index (χ1n) is 9.14. The molecule has 0 fully saturated rings. The van der Waals surface area contributed by atoms with Crippen molar-refractivity contribution in [3.63, 3.8) is 0 Å². The highest BCUT2D eigenvalue weighted by Crippen LogP contribution is 2.36. The molecule has 1 heterocycles. The van der Waals surface area contributed by atoms with Crippen LogP contribution in [0.2, 0.25) is 0 Å². The van der Waals surface area contributed by atoms with Gasteiger partial charge in [0.25, 0.3) is 0 Å². The number of rotatable bonds is 10. The summed E-state index contributed by atoms with van der Waals surface area (Å²) in [5.41, 5.74) is 4.21. The first kappa shape index (κ1) is 18.4. The van der Waals surface area contributed by atoms with Crippen molar-refractivity contribution in [2.24, 2.45) is 0 Å². The smallest absolute Gasteiger partial charge is 0.132 e. The number of nitrogens with one attached hydrogen (secondary N) is 1. The number of hydrogen-bond donors (Lipinski definition) is 1. The average molecular weight is 330 g/mol. The SMILES string of the molecule is CCCCOc1cc(OCCCC)c(-c2cc(C)[nH]n2)cc1CC. The first-order chi connectivity index (χ1) is 11.7. The van der Waals surface area contributed by atoms with E-state index < -0.39 is 0 Å². The third kappa shape index (κ3) is 4.76. The Hall–Kier alpha value is -1.97. The molecule has 0 radical (unpaired) electrons. The molecule has 2 rings (SSSR count). The summed E-state index contributed by atoms with van der Waals surface area (Å²) in [6, 6.07) is 6.26. The van der Waals surface area contributed by atoms with E-state index in [9.17, 15) is 0 Å².